The Labute approximate surface area is 122 Å². The summed E-state index contributed by atoms with van der Waals surface area (Å²) < 4.78 is 0. The zero-order valence-electron chi connectivity index (χ0n) is 13.2. The van der Waals surface area contributed by atoms with Crippen molar-refractivity contribution in [3.8, 4) is 0 Å². The van der Waals surface area contributed by atoms with Crippen LogP contribution in [0.1, 0.15) is 66.2 Å². The first-order chi connectivity index (χ1) is 9.25. The summed E-state index contributed by atoms with van der Waals surface area (Å²) in [5, 5.41) is 11.8. The smallest absolute Gasteiger partial charge is 0.326 e. The van der Waals surface area contributed by atoms with Crippen molar-refractivity contribution >= 4 is 11.9 Å². The van der Waals surface area contributed by atoms with Crippen molar-refractivity contribution in [3.63, 3.8) is 0 Å². The minimum absolute atomic E-state index is 0.00712. The van der Waals surface area contributed by atoms with Gasteiger partial charge in [0.1, 0.15) is 6.04 Å². The van der Waals surface area contributed by atoms with Crippen LogP contribution in [0.3, 0.4) is 0 Å². The van der Waals surface area contributed by atoms with Gasteiger partial charge in [-0.15, -0.1) is 0 Å². The maximum absolute atomic E-state index is 12.2. The van der Waals surface area contributed by atoms with Gasteiger partial charge in [0.15, 0.2) is 0 Å². The lowest BCUT2D eigenvalue weighted by molar-refractivity contribution is -0.143. The van der Waals surface area contributed by atoms with E-state index in [-0.39, 0.29) is 11.8 Å². The van der Waals surface area contributed by atoms with Crippen LogP contribution in [0.15, 0.2) is 0 Å². The second-order valence-electron chi connectivity index (χ2n) is 7.10. The molecule has 1 saturated carbocycles. The summed E-state index contributed by atoms with van der Waals surface area (Å²) in [6.45, 7) is 8.68. The number of hydrogen-bond acceptors (Lipinski definition) is 2. The van der Waals surface area contributed by atoms with Crippen LogP contribution in [0.5, 0.6) is 0 Å². The first-order valence-electron chi connectivity index (χ1n) is 7.78. The maximum atomic E-state index is 12.2. The van der Waals surface area contributed by atoms with Crippen LogP contribution in [-0.2, 0) is 9.59 Å². The molecule has 2 N–H and O–H groups in total. The topological polar surface area (TPSA) is 66.4 Å². The van der Waals surface area contributed by atoms with E-state index < -0.39 is 12.0 Å². The minimum Gasteiger partial charge on any atom is -0.480 e. The number of carbonyl (C=O) groups excluding carboxylic acids is 1. The highest BCUT2D eigenvalue weighted by Gasteiger charge is 2.33. The zero-order chi connectivity index (χ0) is 15.3. The third-order valence-electron chi connectivity index (χ3n) is 4.51. The molecule has 1 amide bonds. The Bertz CT molecular complexity index is 338. The number of carbonyl (C=O) groups is 2. The molecule has 20 heavy (non-hydrogen) atoms. The largest absolute Gasteiger partial charge is 0.480 e. The molecule has 116 valence electrons. The molecular formula is C16H29NO3. The van der Waals surface area contributed by atoms with E-state index in [1.54, 1.807) is 0 Å². The van der Waals surface area contributed by atoms with Gasteiger partial charge in [0, 0.05) is 5.92 Å². The van der Waals surface area contributed by atoms with Crippen LogP contribution in [0.2, 0.25) is 0 Å². The van der Waals surface area contributed by atoms with Crippen LogP contribution in [-0.4, -0.2) is 23.0 Å². The molecule has 0 aromatic carbocycles. The van der Waals surface area contributed by atoms with Crippen molar-refractivity contribution in [1.82, 2.24) is 5.32 Å². The monoisotopic (exact) mass is 283 g/mol. The summed E-state index contributed by atoms with van der Waals surface area (Å²) in [6.07, 6.45) is 5.14. The Kier molecular flexibility index (Phi) is 6.03. The van der Waals surface area contributed by atoms with Gasteiger partial charge in [0.05, 0.1) is 0 Å². The summed E-state index contributed by atoms with van der Waals surface area (Å²) in [6, 6.07) is -0.729. The lowest BCUT2D eigenvalue weighted by atomic mass is 9.69. The number of aliphatic carboxylic acids is 1. The molecule has 0 unspecified atom stereocenters. The molecule has 1 aliphatic carbocycles. The standard InChI is InChI=1S/C16H29NO3/c1-5-6-13(15(19)20)17-14(18)11-7-9-12(10-8-11)16(2,3)4/h11-13H,5-10H2,1-4H3,(H,17,18)(H,19,20)/t11?,12?,13-/m1/s1. The molecule has 1 atom stereocenters. The van der Waals surface area contributed by atoms with Gasteiger partial charge in [0.2, 0.25) is 5.91 Å². The van der Waals surface area contributed by atoms with E-state index in [2.05, 4.69) is 26.1 Å². The van der Waals surface area contributed by atoms with Crippen molar-refractivity contribution in [1.29, 1.82) is 0 Å². The van der Waals surface area contributed by atoms with E-state index in [0.29, 0.717) is 17.8 Å². The fraction of sp³-hybridized carbons (Fsp3) is 0.875. The Balaban J connectivity index is 2.48. The minimum atomic E-state index is -0.927. The van der Waals surface area contributed by atoms with Gasteiger partial charge in [-0.3, -0.25) is 4.79 Å². The molecule has 0 radical (unpaired) electrons. The quantitative estimate of drug-likeness (QED) is 0.814. The number of carboxylic acids is 1. The first-order valence-corrected chi connectivity index (χ1v) is 7.78. The number of amides is 1. The normalized spacial score (nSPS) is 25.0. The molecule has 4 heteroatoms. The van der Waals surface area contributed by atoms with Gasteiger partial charge in [-0.05, 0) is 43.4 Å². The van der Waals surface area contributed by atoms with Gasteiger partial charge in [-0.1, -0.05) is 34.1 Å². The van der Waals surface area contributed by atoms with Gasteiger partial charge in [-0.25, -0.2) is 4.79 Å². The third-order valence-corrected chi connectivity index (χ3v) is 4.51. The molecule has 0 aromatic rings. The SMILES string of the molecule is CCC[C@@H](NC(=O)C1CCC(C(C)(C)C)CC1)C(=O)O. The Morgan fingerprint density at radius 3 is 2.15 bits per heavy atom. The molecule has 1 rings (SSSR count). The Morgan fingerprint density at radius 1 is 1.20 bits per heavy atom. The summed E-state index contributed by atoms with van der Waals surface area (Å²) in [4.78, 5) is 23.2. The van der Waals surface area contributed by atoms with Crippen molar-refractivity contribution in [2.75, 3.05) is 0 Å². The average molecular weight is 283 g/mol. The summed E-state index contributed by atoms with van der Waals surface area (Å²) in [7, 11) is 0. The number of carboxylic acid groups (broad SMARTS) is 1. The lowest BCUT2D eigenvalue weighted by Crippen LogP contribution is -2.44. The highest BCUT2D eigenvalue weighted by Crippen LogP contribution is 2.39. The van der Waals surface area contributed by atoms with Crippen LogP contribution >= 0.6 is 0 Å². The second kappa shape index (κ2) is 7.09. The van der Waals surface area contributed by atoms with Crippen LogP contribution in [0, 0.1) is 17.3 Å². The molecule has 1 aliphatic rings. The van der Waals surface area contributed by atoms with E-state index >= 15 is 0 Å². The molecule has 0 heterocycles. The number of nitrogens with one attached hydrogen (secondary N) is 1. The van der Waals surface area contributed by atoms with Crippen molar-refractivity contribution in [3.05, 3.63) is 0 Å². The molecule has 4 nitrogen and oxygen atoms in total. The fourth-order valence-electron chi connectivity index (χ4n) is 3.06. The summed E-state index contributed by atoms with van der Waals surface area (Å²) in [5.41, 5.74) is 0.299. The summed E-state index contributed by atoms with van der Waals surface area (Å²) >= 11 is 0. The molecule has 0 saturated heterocycles. The second-order valence-corrected chi connectivity index (χ2v) is 7.10. The van der Waals surface area contributed by atoms with E-state index in [4.69, 9.17) is 5.11 Å². The van der Waals surface area contributed by atoms with Crippen molar-refractivity contribution in [2.24, 2.45) is 17.3 Å². The predicted molar refractivity (Wildman–Crippen MR) is 79.4 cm³/mol. The van der Waals surface area contributed by atoms with Gasteiger partial charge in [-0.2, -0.15) is 0 Å². The van der Waals surface area contributed by atoms with Crippen LogP contribution in [0.4, 0.5) is 0 Å². The van der Waals surface area contributed by atoms with E-state index in [9.17, 15) is 9.59 Å². The molecule has 0 aliphatic heterocycles. The highest BCUT2D eigenvalue weighted by molar-refractivity contribution is 5.84. The predicted octanol–water partition coefficient (Wildman–Crippen LogP) is 3.21. The van der Waals surface area contributed by atoms with E-state index in [0.717, 1.165) is 32.1 Å². The lowest BCUT2D eigenvalue weighted by Gasteiger charge is -2.36. The van der Waals surface area contributed by atoms with Crippen molar-refractivity contribution in [2.45, 2.75) is 72.3 Å². The zero-order valence-corrected chi connectivity index (χ0v) is 13.2. The Morgan fingerprint density at radius 2 is 1.75 bits per heavy atom. The number of hydrogen-bond donors (Lipinski definition) is 2. The molecule has 0 bridgehead atoms. The first kappa shape index (κ1) is 17.0. The molecule has 1 fully saturated rings. The van der Waals surface area contributed by atoms with Crippen LogP contribution in [0.25, 0.3) is 0 Å². The van der Waals surface area contributed by atoms with Crippen molar-refractivity contribution < 1.29 is 14.7 Å². The van der Waals surface area contributed by atoms with Crippen LogP contribution < -0.4 is 5.32 Å². The van der Waals surface area contributed by atoms with Gasteiger partial charge in [0.25, 0.3) is 0 Å². The van der Waals surface area contributed by atoms with Gasteiger partial charge >= 0.3 is 5.97 Å². The Hall–Kier alpha value is -1.06. The van der Waals surface area contributed by atoms with Gasteiger partial charge < -0.3 is 10.4 Å². The summed E-state index contributed by atoms with van der Waals surface area (Å²) in [5.74, 6) is -0.341. The average Bonchev–Trinajstić information content (AvgIpc) is 2.37. The number of rotatable bonds is 5. The fourth-order valence-corrected chi connectivity index (χ4v) is 3.06. The highest BCUT2D eigenvalue weighted by atomic mass is 16.4. The molecule has 0 aromatic heterocycles. The molecule has 0 spiro atoms. The van der Waals surface area contributed by atoms with E-state index in [1.165, 1.54) is 0 Å². The third kappa shape index (κ3) is 4.80. The maximum Gasteiger partial charge on any atom is 0.326 e. The van der Waals surface area contributed by atoms with E-state index in [1.807, 2.05) is 6.92 Å². The molecular weight excluding hydrogens is 254 g/mol.